The minimum atomic E-state index is 0.470. The third-order valence-corrected chi connectivity index (χ3v) is 5.58. The van der Waals surface area contributed by atoms with E-state index in [2.05, 4.69) is 38.6 Å². The Kier molecular flexibility index (Phi) is 3.83. The molecular formula is C17H22N6S. The fourth-order valence-electron chi connectivity index (χ4n) is 3.66. The molecule has 5 rings (SSSR count). The summed E-state index contributed by atoms with van der Waals surface area (Å²) < 4.78 is 0. The number of piperazine rings is 1. The van der Waals surface area contributed by atoms with Gasteiger partial charge >= 0.3 is 0 Å². The topological polar surface area (TPSA) is 58.0 Å². The zero-order valence-electron chi connectivity index (χ0n) is 14.5. The third kappa shape index (κ3) is 2.51. The molecule has 2 bridgehead atoms. The van der Waals surface area contributed by atoms with E-state index in [1.54, 1.807) is 11.8 Å². The Labute approximate surface area is 146 Å². The lowest BCUT2D eigenvalue weighted by atomic mass is 9.87. The molecular weight excluding hydrogens is 320 g/mol. The van der Waals surface area contributed by atoms with Crippen molar-refractivity contribution in [2.24, 2.45) is 0 Å². The lowest BCUT2D eigenvalue weighted by Crippen LogP contribution is -2.69. The second kappa shape index (κ2) is 5.88. The standard InChI is InChI=1S/C17H22N6S/c1-10-5-6-18-16(19-10)23-13-7-14(23)9-22(8-13)15-11(2)12(3)20-17(21-15)24-4/h5-6,13-14H,7-9H2,1-4H3. The number of rotatable bonds is 3. The van der Waals surface area contributed by atoms with Gasteiger partial charge in [-0.05, 0) is 39.5 Å². The average Bonchev–Trinajstić information content (AvgIpc) is 2.57. The van der Waals surface area contributed by atoms with Crippen LogP contribution in [0, 0.1) is 20.8 Å². The zero-order chi connectivity index (χ0) is 16.8. The predicted molar refractivity (Wildman–Crippen MR) is 96.9 cm³/mol. The van der Waals surface area contributed by atoms with Gasteiger partial charge in [-0.1, -0.05) is 11.8 Å². The molecule has 2 atom stereocenters. The Balaban J connectivity index is 1.58. The van der Waals surface area contributed by atoms with Gasteiger partial charge in [-0.2, -0.15) is 0 Å². The Hall–Kier alpha value is -1.89. The Morgan fingerprint density at radius 2 is 1.83 bits per heavy atom. The van der Waals surface area contributed by atoms with Crippen LogP contribution in [-0.2, 0) is 0 Å². The largest absolute Gasteiger partial charge is 0.352 e. The maximum atomic E-state index is 4.77. The minimum absolute atomic E-state index is 0.470. The number of thioether (sulfide) groups is 1. The molecule has 126 valence electrons. The molecule has 2 aromatic heterocycles. The van der Waals surface area contributed by atoms with Crippen LogP contribution >= 0.6 is 11.8 Å². The molecule has 5 heterocycles. The molecule has 0 spiro atoms. The molecule has 3 aliphatic rings. The van der Waals surface area contributed by atoms with Gasteiger partial charge < -0.3 is 9.80 Å². The van der Waals surface area contributed by atoms with Gasteiger partial charge in [-0.3, -0.25) is 0 Å². The summed E-state index contributed by atoms with van der Waals surface area (Å²) in [4.78, 5) is 23.2. The van der Waals surface area contributed by atoms with Gasteiger partial charge in [-0.25, -0.2) is 19.9 Å². The van der Waals surface area contributed by atoms with Gasteiger partial charge in [0.05, 0.1) is 12.1 Å². The van der Waals surface area contributed by atoms with Gasteiger partial charge in [0.2, 0.25) is 5.95 Å². The summed E-state index contributed by atoms with van der Waals surface area (Å²) >= 11 is 1.60. The molecule has 0 saturated carbocycles. The van der Waals surface area contributed by atoms with E-state index in [0.717, 1.165) is 41.4 Å². The van der Waals surface area contributed by atoms with Crippen LogP contribution in [0.3, 0.4) is 0 Å². The molecule has 24 heavy (non-hydrogen) atoms. The Bertz CT molecular complexity index is 768. The van der Waals surface area contributed by atoms with Crippen LogP contribution < -0.4 is 9.80 Å². The summed E-state index contributed by atoms with van der Waals surface area (Å²) in [6.45, 7) is 8.15. The van der Waals surface area contributed by atoms with Crippen molar-refractivity contribution in [3.63, 3.8) is 0 Å². The van der Waals surface area contributed by atoms with E-state index in [1.807, 2.05) is 25.4 Å². The van der Waals surface area contributed by atoms with E-state index in [-0.39, 0.29) is 0 Å². The van der Waals surface area contributed by atoms with Gasteiger partial charge in [0, 0.05) is 36.2 Å². The first kappa shape index (κ1) is 15.6. The number of hydrogen-bond acceptors (Lipinski definition) is 7. The first-order chi connectivity index (χ1) is 11.6. The molecule has 0 radical (unpaired) electrons. The third-order valence-electron chi connectivity index (χ3n) is 5.03. The summed E-state index contributed by atoms with van der Waals surface area (Å²) in [6, 6.07) is 2.89. The summed E-state index contributed by atoms with van der Waals surface area (Å²) in [5.74, 6) is 1.96. The number of anilines is 2. The lowest BCUT2D eigenvalue weighted by Gasteiger charge is -2.56. The maximum Gasteiger partial charge on any atom is 0.226 e. The number of fused-ring (bicyclic) bond motifs is 2. The second-order valence-electron chi connectivity index (χ2n) is 6.60. The highest BCUT2D eigenvalue weighted by Gasteiger charge is 2.46. The van der Waals surface area contributed by atoms with Crippen LogP contribution in [0.2, 0.25) is 0 Å². The van der Waals surface area contributed by atoms with Crippen molar-refractivity contribution >= 4 is 23.5 Å². The highest BCUT2D eigenvalue weighted by molar-refractivity contribution is 7.98. The van der Waals surface area contributed by atoms with Crippen LogP contribution in [0.4, 0.5) is 11.8 Å². The van der Waals surface area contributed by atoms with E-state index in [0.29, 0.717) is 12.1 Å². The molecule has 3 saturated heterocycles. The summed E-state index contributed by atoms with van der Waals surface area (Å²) in [7, 11) is 0. The normalized spacial score (nSPS) is 22.5. The molecule has 3 fully saturated rings. The predicted octanol–water partition coefficient (Wildman–Crippen LogP) is 2.38. The van der Waals surface area contributed by atoms with Crippen molar-refractivity contribution in [1.29, 1.82) is 0 Å². The summed E-state index contributed by atoms with van der Waals surface area (Å²) in [5.41, 5.74) is 3.28. The molecule has 0 aliphatic carbocycles. The van der Waals surface area contributed by atoms with Gasteiger partial charge in [0.1, 0.15) is 5.82 Å². The van der Waals surface area contributed by atoms with Crippen molar-refractivity contribution in [3.8, 4) is 0 Å². The molecule has 6 nitrogen and oxygen atoms in total. The molecule has 0 aromatic carbocycles. The van der Waals surface area contributed by atoms with Crippen molar-refractivity contribution in [1.82, 2.24) is 19.9 Å². The minimum Gasteiger partial charge on any atom is -0.352 e. The van der Waals surface area contributed by atoms with Crippen LogP contribution in [-0.4, -0.2) is 51.4 Å². The molecule has 2 unspecified atom stereocenters. The number of nitrogens with zero attached hydrogens (tertiary/aromatic N) is 6. The molecule has 3 aliphatic heterocycles. The molecule has 0 amide bonds. The van der Waals surface area contributed by atoms with Gasteiger partial charge in [0.15, 0.2) is 5.16 Å². The molecule has 7 heteroatoms. The van der Waals surface area contributed by atoms with E-state index in [4.69, 9.17) is 4.98 Å². The number of aromatic nitrogens is 4. The fourth-order valence-corrected chi connectivity index (χ4v) is 4.06. The zero-order valence-corrected chi connectivity index (χ0v) is 15.3. The van der Waals surface area contributed by atoms with Crippen molar-refractivity contribution in [2.75, 3.05) is 29.1 Å². The van der Waals surface area contributed by atoms with Crippen molar-refractivity contribution in [3.05, 3.63) is 29.2 Å². The number of piperidine rings is 1. The first-order valence-electron chi connectivity index (χ1n) is 8.29. The highest BCUT2D eigenvalue weighted by atomic mass is 32.2. The Morgan fingerprint density at radius 3 is 2.50 bits per heavy atom. The average molecular weight is 342 g/mol. The van der Waals surface area contributed by atoms with Crippen molar-refractivity contribution < 1.29 is 0 Å². The molecule has 2 aromatic rings. The smallest absolute Gasteiger partial charge is 0.226 e. The van der Waals surface area contributed by atoms with Crippen LogP contribution in [0.15, 0.2) is 17.4 Å². The Morgan fingerprint density at radius 1 is 1.08 bits per heavy atom. The summed E-state index contributed by atoms with van der Waals surface area (Å²) in [5, 5.41) is 0.853. The quantitative estimate of drug-likeness (QED) is 0.627. The van der Waals surface area contributed by atoms with Crippen LogP contribution in [0.25, 0.3) is 0 Å². The number of hydrogen-bond donors (Lipinski definition) is 0. The molecule has 0 N–H and O–H groups in total. The van der Waals surface area contributed by atoms with Crippen LogP contribution in [0.1, 0.15) is 23.4 Å². The van der Waals surface area contributed by atoms with Gasteiger partial charge in [0.25, 0.3) is 0 Å². The summed E-state index contributed by atoms with van der Waals surface area (Å²) in [6.07, 6.45) is 5.09. The highest BCUT2D eigenvalue weighted by Crippen LogP contribution is 2.37. The van der Waals surface area contributed by atoms with E-state index >= 15 is 0 Å². The van der Waals surface area contributed by atoms with E-state index in [1.165, 1.54) is 12.0 Å². The maximum absolute atomic E-state index is 4.77. The van der Waals surface area contributed by atoms with Gasteiger partial charge in [-0.15, -0.1) is 0 Å². The van der Waals surface area contributed by atoms with Crippen molar-refractivity contribution in [2.45, 2.75) is 44.4 Å². The number of aryl methyl sites for hydroxylation is 2. The van der Waals surface area contributed by atoms with Crippen LogP contribution in [0.5, 0.6) is 0 Å². The fraction of sp³-hybridized carbons (Fsp3) is 0.529. The lowest BCUT2D eigenvalue weighted by molar-refractivity contribution is 0.284. The van der Waals surface area contributed by atoms with E-state index < -0.39 is 0 Å². The van der Waals surface area contributed by atoms with E-state index in [9.17, 15) is 0 Å². The monoisotopic (exact) mass is 342 g/mol. The SMILES string of the molecule is CSc1nc(C)c(C)c(N2CC3CC(C2)N3c2nccc(C)n2)n1. The second-order valence-corrected chi connectivity index (χ2v) is 7.37. The first-order valence-corrected chi connectivity index (χ1v) is 9.51.